The van der Waals surface area contributed by atoms with Crippen LogP contribution in [0.5, 0.6) is 0 Å². The van der Waals surface area contributed by atoms with Crippen LogP contribution in [0.25, 0.3) is 0 Å². The Kier molecular flexibility index (Phi) is 10.5. The summed E-state index contributed by atoms with van der Waals surface area (Å²) in [5.74, 6) is -5.92. The first-order valence-corrected chi connectivity index (χ1v) is 14.1. The second-order valence-electron chi connectivity index (χ2n) is 10.3. The van der Waals surface area contributed by atoms with Gasteiger partial charge in [-0.2, -0.15) is 31.3 Å². The average Bonchev–Trinajstić information content (AvgIpc) is 3.46. The van der Waals surface area contributed by atoms with E-state index in [1.54, 1.807) is 18.0 Å². The number of carbonyl (C=O) groups excluding carboxylic acids is 4. The maximum atomic E-state index is 12.7. The molecule has 3 amide bonds. The Hall–Kier alpha value is -5.00. The van der Waals surface area contributed by atoms with Crippen molar-refractivity contribution < 1.29 is 45.5 Å². The fourth-order valence-corrected chi connectivity index (χ4v) is 4.66. The van der Waals surface area contributed by atoms with Gasteiger partial charge in [0.2, 0.25) is 11.9 Å². The summed E-state index contributed by atoms with van der Waals surface area (Å²) >= 11 is 6.33. The summed E-state index contributed by atoms with van der Waals surface area (Å²) in [5, 5.41) is 12.8. The van der Waals surface area contributed by atoms with Crippen molar-refractivity contribution in [2.75, 3.05) is 29.0 Å². The number of urea groups is 1. The molecule has 2 aliphatic rings. The molecule has 6 bridgehead atoms. The summed E-state index contributed by atoms with van der Waals surface area (Å²) < 4.78 is 67.0. The lowest BCUT2D eigenvalue weighted by Crippen LogP contribution is -2.40. The van der Waals surface area contributed by atoms with Gasteiger partial charge in [-0.3, -0.25) is 19.4 Å². The second kappa shape index (κ2) is 14.2. The molecule has 0 unspecified atom stereocenters. The molecular formula is C28H25ClF6N8O4. The third-order valence-electron chi connectivity index (χ3n) is 6.78. The van der Waals surface area contributed by atoms with Gasteiger partial charge in [0.05, 0.1) is 18.1 Å². The van der Waals surface area contributed by atoms with E-state index in [9.17, 15) is 45.5 Å². The molecule has 3 aromatic rings. The number of fused-ring (bicyclic) bond motifs is 6. The summed E-state index contributed by atoms with van der Waals surface area (Å²) in [4.78, 5) is 58.4. The third kappa shape index (κ3) is 9.50. The number of amides is 3. The Bertz CT molecular complexity index is 1660. The molecular weight excluding hydrogens is 662 g/mol. The predicted molar refractivity (Wildman–Crippen MR) is 157 cm³/mol. The number of halogens is 7. The van der Waals surface area contributed by atoms with E-state index in [1.807, 2.05) is 30.5 Å². The molecule has 5 rings (SSSR count). The summed E-state index contributed by atoms with van der Waals surface area (Å²) in [5.41, 5.74) is 4.25. The lowest BCUT2D eigenvalue weighted by atomic mass is 10.0. The van der Waals surface area contributed by atoms with Crippen molar-refractivity contribution in [1.82, 2.24) is 25.2 Å². The Labute approximate surface area is 267 Å². The number of alkyl halides is 6. The Morgan fingerprint density at radius 1 is 0.936 bits per heavy atom. The number of anilines is 5. The molecule has 2 aliphatic heterocycles. The van der Waals surface area contributed by atoms with Gasteiger partial charge in [-0.15, -0.1) is 0 Å². The van der Waals surface area contributed by atoms with Gasteiger partial charge in [-0.1, -0.05) is 11.6 Å². The number of aromatic nitrogens is 3. The number of likely N-dealkylation sites (tertiary alicyclic amines) is 1. The number of rotatable bonds is 3. The first kappa shape index (κ1) is 34.9. The maximum Gasteiger partial charge on any atom is 0.458 e. The van der Waals surface area contributed by atoms with Crippen LogP contribution in [0.1, 0.15) is 24.5 Å². The van der Waals surface area contributed by atoms with Crippen LogP contribution in [-0.4, -0.2) is 74.8 Å². The molecule has 1 atom stereocenters. The Balaban J connectivity index is 0.000000356. The minimum atomic E-state index is -5.77. The monoisotopic (exact) mass is 686 g/mol. The van der Waals surface area contributed by atoms with Crippen molar-refractivity contribution in [2.24, 2.45) is 0 Å². The van der Waals surface area contributed by atoms with E-state index in [1.165, 1.54) is 6.20 Å². The molecule has 250 valence electrons. The molecule has 1 saturated heterocycles. The van der Waals surface area contributed by atoms with E-state index in [2.05, 4.69) is 36.2 Å². The quantitative estimate of drug-likeness (QED) is 0.217. The molecule has 1 fully saturated rings. The third-order valence-corrected chi connectivity index (χ3v) is 7.06. The molecule has 0 radical (unpaired) electrons. The van der Waals surface area contributed by atoms with Gasteiger partial charge in [0.15, 0.2) is 5.82 Å². The highest BCUT2D eigenvalue weighted by Gasteiger charge is 2.54. The highest BCUT2D eigenvalue weighted by Crippen LogP contribution is 2.29. The average molecular weight is 687 g/mol. The van der Waals surface area contributed by atoms with Crippen LogP contribution in [0, 0.1) is 0 Å². The fourth-order valence-electron chi connectivity index (χ4n) is 4.52. The van der Waals surface area contributed by atoms with Gasteiger partial charge in [0, 0.05) is 43.6 Å². The molecule has 2 aromatic heterocycles. The van der Waals surface area contributed by atoms with Crippen LogP contribution >= 0.6 is 11.6 Å². The van der Waals surface area contributed by atoms with Gasteiger partial charge < -0.3 is 26.2 Å². The molecule has 12 nitrogen and oxygen atoms in total. The van der Waals surface area contributed by atoms with Crippen molar-refractivity contribution in [2.45, 2.75) is 44.6 Å². The van der Waals surface area contributed by atoms with Crippen LogP contribution < -0.4 is 21.3 Å². The number of pyridine rings is 1. The van der Waals surface area contributed by atoms with E-state index in [0.717, 1.165) is 35.3 Å². The van der Waals surface area contributed by atoms with Crippen molar-refractivity contribution >= 4 is 63.9 Å². The van der Waals surface area contributed by atoms with Crippen LogP contribution in [0.4, 0.5) is 60.0 Å². The van der Waals surface area contributed by atoms with Gasteiger partial charge >= 0.3 is 30.0 Å². The maximum absolute atomic E-state index is 12.7. The number of hydrogen-bond acceptors (Lipinski definition) is 9. The van der Waals surface area contributed by atoms with Crippen molar-refractivity contribution in [3.8, 4) is 0 Å². The highest BCUT2D eigenvalue weighted by atomic mass is 35.5. The van der Waals surface area contributed by atoms with Gasteiger partial charge in [-0.05, 0) is 54.7 Å². The van der Waals surface area contributed by atoms with Crippen molar-refractivity contribution in [3.63, 3.8) is 0 Å². The van der Waals surface area contributed by atoms with Crippen LogP contribution in [0.15, 0.2) is 42.9 Å². The lowest BCUT2D eigenvalue weighted by molar-refractivity contribution is -0.193. The number of benzene rings is 1. The van der Waals surface area contributed by atoms with Gasteiger partial charge in [-0.25, -0.2) is 9.78 Å². The van der Waals surface area contributed by atoms with Crippen LogP contribution in [0.3, 0.4) is 0 Å². The van der Waals surface area contributed by atoms with Gasteiger partial charge in [0.25, 0.3) is 0 Å². The van der Waals surface area contributed by atoms with Crippen molar-refractivity contribution in [3.05, 3.63) is 59.0 Å². The smallest absolute Gasteiger partial charge is 0.341 e. The topological polar surface area (TPSA) is 158 Å². The normalized spacial score (nSPS) is 15.7. The zero-order valence-electron chi connectivity index (χ0n) is 24.2. The number of carbonyl (C=O) groups is 4. The van der Waals surface area contributed by atoms with E-state index in [4.69, 9.17) is 11.6 Å². The standard InChI is InChI=1S/C24H25ClN8O2.C4F6O2/c1-14(34)33-7-6-18(13-33)30-24(35)31-21-5-4-17-9-16(21)3-2-15-8-19(11-26-10-15)29-23-27-12-20(25)22(28-17)32-23;5-3(6,7)1(11)2(12)4(8,9)10/h4-5,8-12,18H,2-3,6-7,13H2,1H3,(H2,30,31,35)(H2,27,28,29,32);/t18-;/m0./s1. The van der Waals surface area contributed by atoms with Crippen LogP contribution in [-0.2, 0) is 27.2 Å². The number of hydrogen-bond donors (Lipinski definition) is 4. The van der Waals surface area contributed by atoms with E-state index in [-0.39, 0.29) is 18.0 Å². The largest absolute Gasteiger partial charge is 0.458 e. The highest BCUT2D eigenvalue weighted by molar-refractivity contribution is 6.41. The first-order valence-electron chi connectivity index (χ1n) is 13.7. The number of ketones is 2. The summed E-state index contributed by atoms with van der Waals surface area (Å²) in [6.45, 7) is 2.72. The predicted octanol–water partition coefficient (Wildman–Crippen LogP) is 5.10. The number of nitrogens with one attached hydrogen (secondary N) is 4. The number of Topliss-reactive ketones (excluding diaryl/α,β-unsaturated/α-hetero) is 2. The minimum absolute atomic E-state index is 0.0220. The van der Waals surface area contributed by atoms with Gasteiger partial charge in [0.1, 0.15) is 5.02 Å². The van der Waals surface area contributed by atoms with Crippen molar-refractivity contribution in [1.29, 1.82) is 0 Å². The minimum Gasteiger partial charge on any atom is -0.341 e. The molecule has 4 heterocycles. The van der Waals surface area contributed by atoms with Crippen LogP contribution in [0.2, 0.25) is 5.02 Å². The number of nitrogens with zero attached hydrogens (tertiary/aromatic N) is 4. The zero-order valence-corrected chi connectivity index (χ0v) is 25.0. The lowest BCUT2D eigenvalue weighted by Gasteiger charge is -2.17. The Morgan fingerprint density at radius 2 is 1.64 bits per heavy atom. The number of aryl methyl sites for hydroxylation is 2. The summed E-state index contributed by atoms with van der Waals surface area (Å²) in [6, 6.07) is 7.33. The molecule has 1 aromatic carbocycles. The molecule has 4 N–H and O–H groups in total. The molecule has 47 heavy (non-hydrogen) atoms. The molecule has 0 aliphatic carbocycles. The van der Waals surface area contributed by atoms with E-state index < -0.39 is 23.9 Å². The fraction of sp³-hybridized carbons (Fsp3) is 0.321. The Morgan fingerprint density at radius 3 is 2.28 bits per heavy atom. The SMILES string of the molecule is CC(=O)N1CC[C@H](NC(=O)Nc2ccc3cc2CCc2cncc(c2)Nc2ncc(Cl)c(n2)N3)C1.O=C(C(=O)C(F)(F)F)C(F)(F)F. The summed E-state index contributed by atoms with van der Waals surface area (Å²) in [6.07, 6.45) is -4.34. The van der Waals surface area contributed by atoms with E-state index in [0.29, 0.717) is 42.0 Å². The zero-order chi connectivity index (χ0) is 34.5. The molecule has 0 saturated carbocycles. The van der Waals surface area contributed by atoms with E-state index >= 15 is 0 Å². The first-order chi connectivity index (χ1) is 22.0. The second-order valence-corrected chi connectivity index (χ2v) is 10.7. The molecule has 0 spiro atoms. The summed E-state index contributed by atoms with van der Waals surface area (Å²) in [7, 11) is 0. The molecule has 19 heteroatoms.